The molecular formula is C35H39N3O. The fourth-order valence-corrected chi connectivity index (χ4v) is 5.66. The average Bonchev–Trinajstić information content (AvgIpc) is 3.50. The summed E-state index contributed by atoms with van der Waals surface area (Å²) in [7, 11) is 8.24. The third kappa shape index (κ3) is 6.17. The highest BCUT2D eigenvalue weighted by molar-refractivity contribution is 6.04. The Morgan fingerprint density at radius 2 is 1.18 bits per heavy atom. The maximum atomic E-state index is 13.1. The summed E-state index contributed by atoms with van der Waals surface area (Å²) in [6.07, 6.45) is 5.02. The topological polar surface area (TPSA) is 35.6 Å². The Bertz CT molecular complexity index is 1330. The summed E-state index contributed by atoms with van der Waals surface area (Å²) in [5, 5.41) is 3.11. The molecule has 0 unspecified atom stereocenters. The van der Waals surface area contributed by atoms with E-state index >= 15 is 0 Å². The summed E-state index contributed by atoms with van der Waals surface area (Å²) in [5.41, 5.74) is 8.83. The molecule has 39 heavy (non-hydrogen) atoms. The van der Waals surface area contributed by atoms with Gasteiger partial charge in [-0.3, -0.25) is 4.79 Å². The lowest BCUT2D eigenvalue weighted by atomic mass is 9.85. The monoisotopic (exact) mass is 517 g/mol. The van der Waals surface area contributed by atoms with Gasteiger partial charge in [0.05, 0.1) is 0 Å². The molecule has 0 saturated heterocycles. The molecule has 0 atom stereocenters. The summed E-state index contributed by atoms with van der Waals surface area (Å²) in [4.78, 5) is 17.3. The highest BCUT2D eigenvalue weighted by atomic mass is 16.1. The van der Waals surface area contributed by atoms with Crippen LogP contribution in [0.2, 0.25) is 0 Å². The van der Waals surface area contributed by atoms with Gasteiger partial charge in [-0.15, -0.1) is 0 Å². The molecule has 0 aromatic heterocycles. The first-order chi connectivity index (χ1) is 18.9. The molecule has 1 fully saturated rings. The summed E-state index contributed by atoms with van der Waals surface area (Å²) in [5.74, 6) is 0.621. The lowest BCUT2D eigenvalue weighted by molar-refractivity contribution is 0.102. The van der Waals surface area contributed by atoms with E-state index in [1.807, 2.05) is 24.3 Å². The molecule has 1 amide bonds. The quantitative estimate of drug-likeness (QED) is 0.241. The first-order valence-corrected chi connectivity index (χ1v) is 13.9. The van der Waals surface area contributed by atoms with Crippen LogP contribution in [0.5, 0.6) is 0 Å². The molecule has 1 N–H and O–H groups in total. The normalized spacial score (nSPS) is 13.5. The van der Waals surface area contributed by atoms with Crippen LogP contribution in [0.25, 0.3) is 0 Å². The van der Waals surface area contributed by atoms with Crippen LogP contribution in [0.15, 0.2) is 97.1 Å². The molecule has 0 spiro atoms. The van der Waals surface area contributed by atoms with Crippen molar-refractivity contribution in [2.24, 2.45) is 0 Å². The summed E-state index contributed by atoms with van der Waals surface area (Å²) in [6, 6.07) is 34.0. The number of amides is 1. The van der Waals surface area contributed by atoms with Crippen LogP contribution in [0, 0.1) is 0 Å². The number of hydrogen-bond acceptors (Lipinski definition) is 3. The van der Waals surface area contributed by atoms with E-state index in [1.54, 1.807) is 0 Å². The van der Waals surface area contributed by atoms with Crippen LogP contribution in [-0.2, 0) is 0 Å². The number of carbonyl (C=O) groups is 1. The van der Waals surface area contributed by atoms with E-state index in [0.29, 0.717) is 5.92 Å². The fourth-order valence-electron chi connectivity index (χ4n) is 5.66. The molecule has 5 rings (SSSR count). The van der Waals surface area contributed by atoms with Crippen LogP contribution in [0.4, 0.5) is 17.1 Å². The molecule has 200 valence electrons. The fraction of sp³-hybridized carbons (Fsp3) is 0.286. The zero-order chi connectivity index (χ0) is 27.4. The largest absolute Gasteiger partial charge is 0.378 e. The Labute approximate surface area is 233 Å². The average molecular weight is 518 g/mol. The number of carbonyl (C=O) groups excluding carboxylic acids is 1. The zero-order valence-electron chi connectivity index (χ0n) is 23.5. The Hall–Kier alpha value is -4.05. The standard InChI is InChI=1S/C35H39N3O/c1-37(2)32-20-14-27(15-21-32)34(28-16-22-33(23-17-28)38(3)4)26-12-18-31(19-13-26)36-35(39)30-11-7-10-29(24-30)25-8-5-6-9-25/h7,10-25,34H,5-6,8-9H2,1-4H3,(H,36,39). The van der Waals surface area contributed by atoms with Gasteiger partial charge in [-0.25, -0.2) is 0 Å². The van der Waals surface area contributed by atoms with Gasteiger partial charge in [-0.1, -0.05) is 61.4 Å². The van der Waals surface area contributed by atoms with Crippen molar-refractivity contribution < 1.29 is 4.79 Å². The number of anilines is 3. The number of hydrogen-bond donors (Lipinski definition) is 1. The van der Waals surface area contributed by atoms with Gasteiger partial charge in [-0.05, 0) is 89.5 Å². The first-order valence-electron chi connectivity index (χ1n) is 13.9. The molecule has 1 aliphatic rings. The molecule has 1 saturated carbocycles. The van der Waals surface area contributed by atoms with Crippen molar-refractivity contribution >= 4 is 23.0 Å². The second kappa shape index (κ2) is 11.8. The van der Waals surface area contributed by atoms with Crippen LogP contribution >= 0.6 is 0 Å². The molecule has 4 aromatic carbocycles. The Kier molecular flexibility index (Phi) is 8.02. The van der Waals surface area contributed by atoms with Crippen LogP contribution in [-0.4, -0.2) is 34.1 Å². The predicted octanol–water partition coefficient (Wildman–Crippen LogP) is 7.91. The van der Waals surface area contributed by atoms with E-state index in [2.05, 4.69) is 116 Å². The third-order valence-electron chi connectivity index (χ3n) is 7.96. The van der Waals surface area contributed by atoms with Crippen LogP contribution in [0.1, 0.15) is 70.1 Å². The van der Waals surface area contributed by atoms with Crippen LogP contribution in [0.3, 0.4) is 0 Å². The van der Waals surface area contributed by atoms with Gasteiger partial charge in [0.2, 0.25) is 0 Å². The van der Waals surface area contributed by atoms with Crippen molar-refractivity contribution in [1.82, 2.24) is 0 Å². The maximum absolute atomic E-state index is 13.1. The van der Waals surface area contributed by atoms with Crippen molar-refractivity contribution in [3.05, 3.63) is 125 Å². The van der Waals surface area contributed by atoms with Crippen molar-refractivity contribution in [3.8, 4) is 0 Å². The van der Waals surface area contributed by atoms with E-state index in [9.17, 15) is 4.79 Å². The number of rotatable bonds is 8. The molecule has 4 heteroatoms. The van der Waals surface area contributed by atoms with E-state index in [1.165, 1.54) is 59.3 Å². The van der Waals surface area contributed by atoms with E-state index in [4.69, 9.17) is 0 Å². The minimum Gasteiger partial charge on any atom is -0.378 e. The molecule has 4 aromatic rings. The van der Waals surface area contributed by atoms with Crippen LogP contribution < -0.4 is 15.1 Å². The molecule has 0 bridgehead atoms. The second-order valence-electron chi connectivity index (χ2n) is 11.1. The SMILES string of the molecule is CN(C)c1ccc(C(c2ccc(NC(=O)c3cccc(C4CCCC4)c3)cc2)c2ccc(N(C)C)cc2)cc1. The minimum atomic E-state index is -0.0577. The lowest BCUT2D eigenvalue weighted by Gasteiger charge is -2.22. The summed E-state index contributed by atoms with van der Waals surface area (Å²) in [6.45, 7) is 0. The Morgan fingerprint density at radius 1 is 0.692 bits per heavy atom. The first kappa shape index (κ1) is 26.6. The number of nitrogens with one attached hydrogen (secondary N) is 1. The summed E-state index contributed by atoms with van der Waals surface area (Å²) < 4.78 is 0. The van der Waals surface area contributed by atoms with Gasteiger partial charge in [-0.2, -0.15) is 0 Å². The van der Waals surface area contributed by atoms with Crippen molar-refractivity contribution in [2.45, 2.75) is 37.5 Å². The van der Waals surface area contributed by atoms with Gasteiger partial charge >= 0.3 is 0 Å². The zero-order valence-corrected chi connectivity index (χ0v) is 23.5. The molecule has 0 aliphatic heterocycles. The minimum absolute atomic E-state index is 0.0577. The molecule has 4 nitrogen and oxygen atoms in total. The number of benzene rings is 4. The maximum Gasteiger partial charge on any atom is 0.255 e. The predicted molar refractivity (Wildman–Crippen MR) is 165 cm³/mol. The van der Waals surface area contributed by atoms with Gasteiger partial charge in [0, 0.05) is 56.7 Å². The Morgan fingerprint density at radius 3 is 1.67 bits per heavy atom. The van der Waals surface area contributed by atoms with Gasteiger partial charge < -0.3 is 15.1 Å². The summed E-state index contributed by atoms with van der Waals surface area (Å²) >= 11 is 0. The number of nitrogens with zero attached hydrogens (tertiary/aromatic N) is 2. The molecule has 0 radical (unpaired) electrons. The van der Waals surface area contributed by atoms with Gasteiger partial charge in [0.25, 0.3) is 5.91 Å². The van der Waals surface area contributed by atoms with E-state index in [0.717, 1.165) is 11.3 Å². The smallest absolute Gasteiger partial charge is 0.255 e. The Balaban J connectivity index is 1.39. The highest BCUT2D eigenvalue weighted by Crippen LogP contribution is 2.35. The highest BCUT2D eigenvalue weighted by Gasteiger charge is 2.20. The van der Waals surface area contributed by atoms with Gasteiger partial charge in [0.1, 0.15) is 0 Å². The molecule has 1 aliphatic carbocycles. The second-order valence-corrected chi connectivity index (χ2v) is 11.1. The molecule has 0 heterocycles. The molecular weight excluding hydrogens is 478 g/mol. The van der Waals surface area contributed by atoms with Crippen molar-refractivity contribution in [3.63, 3.8) is 0 Å². The third-order valence-corrected chi connectivity index (χ3v) is 7.96. The lowest BCUT2D eigenvalue weighted by Crippen LogP contribution is -2.13. The van der Waals surface area contributed by atoms with Crippen molar-refractivity contribution in [1.29, 1.82) is 0 Å². The van der Waals surface area contributed by atoms with E-state index < -0.39 is 0 Å². The van der Waals surface area contributed by atoms with Crippen molar-refractivity contribution in [2.75, 3.05) is 43.3 Å². The van der Waals surface area contributed by atoms with E-state index in [-0.39, 0.29) is 11.8 Å². The van der Waals surface area contributed by atoms with Gasteiger partial charge in [0.15, 0.2) is 0 Å².